The van der Waals surface area contributed by atoms with Gasteiger partial charge < -0.3 is 9.97 Å². The van der Waals surface area contributed by atoms with Gasteiger partial charge in [0, 0.05) is 42.9 Å². The van der Waals surface area contributed by atoms with Gasteiger partial charge in [0.1, 0.15) is 0 Å². The molecule has 2 aliphatic rings. The number of aromatic nitrogens is 4. The molecule has 2 aromatic carbocycles. The molecule has 0 radical (unpaired) electrons. The van der Waals surface area contributed by atoms with Crippen LogP contribution in [0.4, 0.5) is 0 Å². The maximum absolute atomic E-state index is 5.12. The number of hydrogen-bond acceptors (Lipinski definition) is 4. The van der Waals surface area contributed by atoms with Crippen molar-refractivity contribution in [1.29, 1.82) is 0 Å². The summed E-state index contributed by atoms with van der Waals surface area (Å²) >= 11 is 3.50. The Morgan fingerprint density at radius 1 is 0.435 bits per heavy atom. The fourth-order valence-electron chi connectivity index (χ4n) is 6.20. The summed E-state index contributed by atoms with van der Waals surface area (Å²) in [5, 5.41) is 4.23. The highest BCUT2D eigenvalue weighted by Crippen LogP contribution is 2.35. The third-order valence-corrected chi connectivity index (χ3v) is 10.2. The first kappa shape index (κ1) is 26.8. The minimum absolute atomic E-state index is 0.899. The van der Waals surface area contributed by atoms with Crippen molar-refractivity contribution in [1.82, 2.24) is 19.9 Å². The molecule has 218 valence electrons. The molecule has 0 saturated carbocycles. The predicted octanol–water partition coefficient (Wildman–Crippen LogP) is 11.4. The zero-order chi connectivity index (χ0) is 30.5. The summed E-state index contributed by atoms with van der Waals surface area (Å²) in [6, 6.07) is 38.7. The third-order valence-electron chi connectivity index (χ3n) is 8.33. The zero-order valence-corrected chi connectivity index (χ0v) is 26.2. The Bertz CT molecular complexity index is 2460. The van der Waals surface area contributed by atoms with Crippen LogP contribution in [0.25, 0.3) is 89.5 Å². The molecule has 0 unspecified atom stereocenters. The van der Waals surface area contributed by atoms with E-state index < -0.39 is 0 Å². The van der Waals surface area contributed by atoms with Gasteiger partial charge in [-0.3, -0.25) is 0 Å². The second kappa shape index (κ2) is 11.1. The number of rotatable bonds is 4. The van der Waals surface area contributed by atoms with Gasteiger partial charge in [0.15, 0.2) is 0 Å². The van der Waals surface area contributed by atoms with Crippen LogP contribution in [0.2, 0.25) is 0 Å². The summed E-state index contributed by atoms with van der Waals surface area (Å²) in [4.78, 5) is 20.1. The van der Waals surface area contributed by atoms with E-state index in [1.807, 2.05) is 0 Å². The van der Waals surface area contributed by atoms with Gasteiger partial charge in [0.2, 0.25) is 0 Å². The van der Waals surface area contributed by atoms with Gasteiger partial charge in [-0.1, -0.05) is 54.6 Å². The molecule has 0 spiro atoms. The van der Waals surface area contributed by atoms with Gasteiger partial charge in [-0.25, -0.2) is 9.97 Å². The fourth-order valence-corrected chi connectivity index (χ4v) is 7.65. The lowest BCUT2D eigenvalue weighted by Crippen LogP contribution is -1.87. The van der Waals surface area contributed by atoms with Gasteiger partial charge in [-0.05, 0) is 112 Å². The first-order valence-electron chi connectivity index (χ1n) is 15.1. The molecule has 46 heavy (non-hydrogen) atoms. The molecular weight excluding hydrogens is 601 g/mol. The molecule has 0 amide bonds. The number of nitrogens with zero attached hydrogens (tertiary/aromatic N) is 2. The van der Waals surface area contributed by atoms with E-state index in [0.29, 0.717) is 0 Å². The number of H-pyrrole nitrogens is 2. The van der Waals surface area contributed by atoms with Crippen LogP contribution in [0.15, 0.2) is 120 Å². The van der Waals surface area contributed by atoms with E-state index in [1.54, 1.807) is 22.7 Å². The van der Waals surface area contributed by atoms with E-state index in [2.05, 4.69) is 154 Å². The molecule has 5 aromatic heterocycles. The maximum Gasteiger partial charge on any atom is 0.0736 e. The molecule has 2 N–H and O–H groups in total. The Morgan fingerprint density at radius 2 is 0.978 bits per heavy atom. The summed E-state index contributed by atoms with van der Waals surface area (Å²) in [5.74, 6) is 0. The monoisotopic (exact) mass is 626 g/mol. The van der Waals surface area contributed by atoms with Gasteiger partial charge >= 0.3 is 0 Å². The third kappa shape index (κ3) is 4.94. The first-order valence-corrected chi connectivity index (χ1v) is 16.9. The topological polar surface area (TPSA) is 57.4 Å². The van der Waals surface area contributed by atoms with Crippen LogP contribution in [0.1, 0.15) is 22.8 Å². The average Bonchev–Trinajstić information content (AvgIpc) is 3.92. The van der Waals surface area contributed by atoms with Gasteiger partial charge in [0.05, 0.1) is 22.8 Å². The predicted molar refractivity (Wildman–Crippen MR) is 196 cm³/mol. The second-order valence-corrected chi connectivity index (χ2v) is 13.2. The maximum atomic E-state index is 5.12. The Kier molecular flexibility index (Phi) is 6.47. The fraction of sp³-hybridized carbons (Fsp3) is 0. The van der Waals surface area contributed by atoms with Gasteiger partial charge in [-0.2, -0.15) is 0 Å². The lowest BCUT2D eigenvalue weighted by Gasteiger charge is -2.06. The van der Waals surface area contributed by atoms with Gasteiger partial charge in [-0.15, -0.1) is 22.7 Å². The van der Waals surface area contributed by atoms with Crippen LogP contribution < -0.4 is 0 Å². The average molecular weight is 627 g/mol. The first-order chi connectivity index (χ1) is 22.7. The zero-order valence-electron chi connectivity index (χ0n) is 24.6. The van der Waals surface area contributed by atoms with Crippen molar-refractivity contribution in [3.8, 4) is 43.1 Å². The molecule has 0 aliphatic carbocycles. The van der Waals surface area contributed by atoms with Crippen molar-refractivity contribution in [2.45, 2.75) is 0 Å². The van der Waals surface area contributed by atoms with E-state index in [1.165, 1.54) is 20.9 Å². The minimum Gasteiger partial charge on any atom is -0.355 e. The smallest absolute Gasteiger partial charge is 0.0736 e. The number of aromatic amines is 2. The molecule has 0 atom stereocenters. The number of nitrogens with one attached hydrogen (secondary N) is 2. The van der Waals surface area contributed by atoms with Crippen molar-refractivity contribution in [3.05, 3.63) is 143 Å². The van der Waals surface area contributed by atoms with Crippen LogP contribution >= 0.6 is 22.7 Å². The van der Waals surface area contributed by atoms with Crippen LogP contribution in [0.3, 0.4) is 0 Å². The Labute approximate surface area is 273 Å². The number of hydrogen-bond donors (Lipinski definition) is 2. The molecule has 8 bridgehead atoms. The number of benzene rings is 2. The molecule has 7 heterocycles. The van der Waals surface area contributed by atoms with Crippen molar-refractivity contribution in [3.63, 3.8) is 0 Å². The SMILES string of the molecule is C1=Cc2nc1cc1ccc([nH]1)c(-c1ccc(-c3cccs3)cc1)c1nc(cc3ccc([nH]3)c2-c2cccc(-c3cccs3)c2)C=C1. The van der Waals surface area contributed by atoms with Crippen LogP contribution in [-0.4, -0.2) is 19.9 Å². The van der Waals surface area contributed by atoms with Crippen LogP contribution in [0.5, 0.6) is 0 Å². The van der Waals surface area contributed by atoms with E-state index in [-0.39, 0.29) is 0 Å². The Morgan fingerprint density at radius 3 is 1.57 bits per heavy atom. The highest BCUT2D eigenvalue weighted by molar-refractivity contribution is 7.13. The summed E-state index contributed by atoms with van der Waals surface area (Å²) in [5.41, 5.74) is 14.4. The molecule has 2 aliphatic heterocycles. The number of fused-ring (bicyclic) bond motifs is 8. The summed E-state index contributed by atoms with van der Waals surface area (Å²) in [6.07, 6.45) is 8.40. The number of thiophene rings is 2. The summed E-state index contributed by atoms with van der Waals surface area (Å²) in [6.45, 7) is 0. The molecule has 0 fully saturated rings. The van der Waals surface area contributed by atoms with E-state index in [0.717, 1.165) is 67.1 Å². The van der Waals surface area contributed by atoms with E-state index >= 15 is 0 Å². The van der Waals surface area contributed by atoms with Crippen molar-refractivity contribution >= 4 is 69.0 Å². The molecule has 9 rings (SSSR count). The molecular formula is C40H26N4S2. The molecule has 7 aromatic rings. The lowest BCUT2D eigenvalue weighted by molar-refractivity contribution is 1.31. The van der Waals surface area contributed by atoms with E-state index in [4.69, 9.17) is 9.97 Å². The molecule has 0 saturated heterocycles. The Hall–Kier alpha value is -5.56. The lowest BCUT2D eigenvalue weighted by atomic mass is 10.0. The van der Waals surface area contributed by atoms with Crippen molar-refractivity contribution in [2.75, 3.05) is 0 Å². The normalized spacial score (nSPS) is 12.2. The van der Waals surface area contributed by atoms with Gasteiger partial charge in [0.25, 0.3) is 0 Å². The Balaban J connectivity index is 1.26. The van der Waals surface area contributed by atoms with Crippen LogP contribution in [0, 0.1) is 0 Å². The van der Waals surface area contributed by atoms with Crippen molar-refractivity contribution < 1.29 is 0 Å². The largest absolute Gasteiger partial charge is 0.355 e. The summed E-state index contributed by atoms with van der Waals surface area (Å²) < 4.78 is 0. The van der Waals surface area contributed by atoms with E-state index in [9.17, 15) is 0 Å². The highest BCUT2D eigenvalue weighted by atomic mass is 32.1. The van der Waals surface area contributed by atoms with Crippen LogP contribution in [-0.2, 0) is 0 Å². The van der Waals surface area contributed by atoms with Crippen molar-refractivity contribution in [2.24, 2.45) is 0 Å². The highest BCUT2D eigenvalue weighted by Gasteiger charge is 2.14. The quantitative estimate of drug-likeness (QED) is 0.204. The molecule has 4 nitrogen and oxygen atoms in total. The summed E-state index contributed by atoms with van der Waals surface area (Å²) in [7, 11) is 0. The standard InChI is InChI=1S/C40H26N4S2/c1-4-27(38-7-3-21-46-38)22-28(5-1)40-35-18-14-31(43-35)23-29-12-16-33(41-29)39(26-10-8-25(9-11-26)37-6-2-20-45-37)34-17-13-30(42-34)24-32-15-19-36(40)44-32/h1-24,41,44H. The second-order valence-electron chi connectivity index (χ2n) is 11.3. The molecule has 6 heteroatoms. The minimum atomic E-state index is 0.899.